The molecule has 0 spiro atoms. The summed E-state index contributed by atoms with van der Waals surface area (Å²) in [6, 6.07) is 12.3. The van der Waals surface area contributed by atoms with Crippen LogP contribution in [0, 0.1) is 0 Å². The molecule has 1 saturated heterocycles. The summed E-state index contributed by atoms with van der Waals surface area (Å²) in [5.41, 5.74) is 2.07. The molecule has 1 aromatic carbocycles. The third-order valence-electron chi connectivity index (χ3n) is 4.44. The Labute approximate surface area is 150 Å². The third-order valence-corrected chi connectivity index (χ3v) is 4.44. The Kier molecular flexibility index (Phi) is 5.79. The summed E-state index contributed by atoms with van der Waals surface area (Å²) in [6.07, 6.45) is 7.34. The van der Waals surface area contributed by atoms with E-state index in [0.717, 1.165) is 29.4 Å². The Morgan fingerprint density at radius 1 is 1.20 bits per heavy atom. The summed E-state index contributed by atoms with van der Waals surface area (Å²) in [7, 11) is 1.74. The molecule has 134 valence electrons. The molecular weight excluding hydrogens is 314 g/mol. The molecular formula is C20H27N3O2. The zero-order valence-electron chi connectivity index (χ0n) is 15.0. The van der Waals surface area contributed by atoms with Gasteiger partial charge in [-0.05, 0) is 24.5 Å². The van der Waals surface area contributed by atoms with Gasteiger partial charge in [-0.25, -0.2) is 9.97 Å². The van der Waals surface area contributed by atoms with Crippen molar-refractivity contribution in [2.45, 2.75) is 45.1 Å². The quantitative estimate of drug-likeness (QED) is 0.686. The van der Waals surface area contributed by atoms with E-state index in [-0.39, 0.29) is 19.9 Å². The highest BCUT2D eigenvalue weighted by Gasteiger charge is 2.34. The maximum atomic E-state index is 6.30. The predicted octanol–water partition coefficient (Wildman–Crippen LogP) is 4.77. The van der Waals surface area contributed by atoms with Crippen molar-refractivity contribution in [2.24, 2.45) is 0 Å². The summed E-state index contributed by atoms with van der Waals surface area (Å²) < 4.78 is 14.1. The number of methoxy groups -OCH3 is 1. The van der Waals surface area contributed by atoms with E-state index in [2.05, 4.69) is 26.7 Å². The Morgan fingerprint density at radius 3 is 2.76 bits per heavy atom. The maximum Gasteiger partial charge on any atom is 0.145 e. The Balaban J connectivity index is 0.000000784. The van der Waals surface area contributed by atoms with Gasteiger partial charge >= 0.3 is 0 Å². The van der Waals surface area contributed by atoms with Crippen LogP contribution in [0.15, 0.2) is 55.1 Å². The van der Waals surface area contributed by atoms with E-state index in [9.17, 15) is 0 Å². The number of benzene rings is 1. The molecule has 0 bridgehead atoms. The van der Waals surface area contributed by atoms with Crippen LogP contribution in [-0.2, 0) is 9.47 Å². The lowest BCUT2D eigenvalue weighted by atomic mass is 10.0. The van der Waals surface area contributed by atoms with Gasteiger partial charge in [-0.15, -0.1) is 0 Å². The first-order chi connectivity index (χ1) is 12.4. The molecule has 1 aliphatic rings. The molecule has 1 aliphatic heterocycles. The first kappa shape index (κ1) is 17.6. The van der Waals surface area contributed by atoms with Crippen molar-refractivity contribution in [2.75, 3.05) is 7.11 Å². The Bertz CT molecular complexity index is 794. The first-order valence-corrected chi connectivity index (χ1v) is 8.86. The van der Waals surface area contributed by atoms with Crippen LogP contribution in [0.5, 0.6) is 0 Å². The van der Waals surface area contributed by atoms with Crippen LogP contribution < -0.4 is 0 Å². The van der Waals surface area contributed by atoms with Crippen molar-refractivity contribution < 1.29 is 10.9 Å². The van der Waals surface area contributed by atoms with Crippen molar-refractivity contribution >= 4 is 11.0 Å². The van der Waals surface area contributed by atoms with Gasteiger partial charge in [0.05, 0.1) is 6.10 Å². The zero-order chi connectivity index (χ0) is 17.6. The van der Waals surface area contributed by atoms with Gasteiger partial charge < -0.3 is 14.0 Å². The summed E-state index contributed by atoms with van der Waals surface area (Å²) >= 11 is 0. The first-order valence-electron chi connectivity index (χ1n) is 8.86. The lowest BCUT2D eigenvalue weighted by molar-refractivity contribution is -0.0737. The van der Waals surface area contributed by atoms with Crippen LogP contribution in [0.2, 0.25) is 0 Å². The van der Waals surface area contributed by atoms with Crippen LogP contribution in [0.25, 0.3) is 11.0 Å². The molecule has 3 aromatic rings. The second-order valence-corrected chi connectivity index (χ2v) is 5.80. The van der Waals surface area contributed by atoms with Crippen molar-refractivity contribution in [1.29, 1.82) is 0 Å². The lowest BCUT2D eigenvalue weighted by Gasteiger charge is -2.23. The van der Waals surface area contributed by atoms with Gasteiger partial charge in [0, 0.05) is 26.3 Å². The maximum absolute atomic E-state index is 6.30. The topological polar surface area (TPSA) is 49.2 Å². The summed E-state index contributed by atoms with van der Waals surface area (Å²) in [4.78, 5) is 8.44. The molecule has 2 aromatic heterocycles. The molecule has 25 heavy (non-hydrogen) atoms. The van der Waals surface area contributed by atoms with Crippen molar-refractivity contribution in [1.82, 2.24) is 14.5 Å². The number of rotatable bonds is 4. The van der Waals surface area contributed by atoms with Gasteiger partial charge in [-0.3, -0.25) is 0 Å². The van der Waals surface area contributed by atoms with Crippen molar-refractivity contribution in [3.8, 4) is 0 Å². The van der Waals surface area contributed by atoms with E-state index in [1.165, 1.54) is 0 Å². The van der Waals surface area contributed by atoms with Gasteiger partial charge in [-0.2, -0.15) is 0 Å². The Hall–Kier alpha value is -2.24. The SMILES string of the molecule is CC.COC(c1ccccc1)[C@@H]1CC[C@H](n2ccc3cncnc32)O1.[HH]. The number of aromatic nitrogens is 3. The van der Waals surface area contributed by atoms with Crippen molar-refractivity contribution in [3.05, 3.63) is 60.7 Å². The largest absolute Gasteiger partial charge is 0.374 e. The molecule has 0 N–H and O–H groups in total. The van der Waals surface area contributed by atoms with Gasteiger partial charge in [0.2, 0.25) is 0 Å². The van der Waals surface area contributed by atoms with Crippen LogP contribution in [0.4, 0.5) is 0 Å². The minimum absolute atomic E-state index is 0. The van der Waals surface area contributed by atoms with Crippen LogP contribution in [0.1, 0.15) is 46.0 Å². The number of hydrogen-bond donors (Lipinski definition) is 0. The highest BCUT2D eigenvalue weighted by atomic mass is 16.6. The second kappa shape index (κ2) is 8.23. The molecule has 0 amide bonds. The monoisotopic (exact) mass is 341 g/mol. The van der Waals surface area contributed by atoms with Gasteiger partial charge in [0.25, 0.3) is 0 Å². The van der Waals surface area contributed by atoms with E-state index in [1.807, 2.05) is 50.5 Å². The minimum Gasteiger partial charge on any atom is -0.374 e. The average Bonchev–Trinajstić information content (AvgIpc) is 3.32. The predicted molar refractivity (Wildman–Crippen MR) is 100 cm³/mol. The number of nitrogens with zero attached hydrogens (tertiary/aromatic N) is 3. The van der Waals surface area contributed by atoms with E-state index in [0.29, 0.717) is 0 Å². The number of hydrogen-bond acceptors (Lipinski definition) is 4. The van der Waals surface area contributed by atoms with Crippen LogP contribution >= 0.6 is 0 Å². The molecule has 3 atom stereocenters. The molecule has 5 heteroatoms. The average molecular weight is 341 g/mol. The van der Waals surface area contributed by atoms with Crippen molar-refractivity contribution in [3.63, 3.8) is 0 Å². The highest BCUT2D eigenvalue weighted by Crippen LogP contribution is 2.37. The minimum atomic E-state index is -0.0438. The van der Waals surface area contributed by atoms with Gasteiger partial charge in [0.15, 0.2) is 0 Å². The summed E-state index contributed by atoms with van der Waals surface area (Å²) in [5.74, 6) is 0. The standard InChI is InChI=1S/C18H19N3O2.C2H6.H2/c1-22-17(13-5-3-2-4-6-13)15-7-8-16(23-15)21-10-9-14-11-19-12-20-18(14)21;1-2;/h2-6,9-12,15-17H,7-8H2,1H3;1-2H3;1H/t15-,16+,17?;;/m0../s1. The van der Waals surface area contributed by atoms with E-state index >= 15 is 0 Å². The molecule has 5 nitrogen and oxygen atoms in total. The number of ether oxygens (including phenoxy) is 2. The molecule has 1 unspecified atom stereocenters. The van der Waals surface area contributed by atoms with E-state index < -0.39 is 0 Å². The second-order valence-electron chi connectivity index (χ2n) is 5.80. The molecule has 0 saturated carbocycles. The third kappa shape index (κ3) is 3.57. The molecule has 4 rings (SSSR count). The fourth-order valence-electron chi connectivity index (χ4n) is 3.35. The highest BCUT2D eigenvalue weighted by molar-refractivity contribution is 5.74. The lowest BCUT2D eigenvalue weighted by Crippen LogP contribution is -2.21. The van der Waals surface area contributed by atoms with Gasteiger partial charge in [-0.1, -0.05) is 44.2 Å². The molecule has 3 heterocycles. The fraction of sp³-hybridized carbons (Fsp3) is 0.400. The molecule has 1 fully saturated rings. The smallest absolute Gasteiger partial charge is 0.145 e. The Morgan fingerprint density at radius 2 is 2.00 bits per heavy atom. The summed E-state index contributed by atoms with van der Waals surface area (Å²) in [5, 5.41) is 1.03. The van der Waals surface area contributed by atoms with Crippen LogP contribution in [-0.4, -0.2) is 27.7 Å². The summed E-state index contributed by atoms with van der Waals surface area (Å²) in [6.45, 7) is 4.00. The van der Waals surface area contributed by atoms with Crippen LogP contribution in [0.3, 0.4) is 0 Å². The molecule has 0 radical (unpaired) electrons. The fourth-order valence-corrected chi connectivity index (χ4v) is 3.35. The molecule has 0 aliphatic carbocycles. The van der Waals surface area contributed by atoms with E-state index in [4.69, 9.17) is 9.47 Å². The zero-order valence-corrected chi connectivity index (χ0v) is 15.0. The van der Waals surface area contributed by atoms with E-state index in [1.54, 1.807) is 13.4 Å². The normalized spacial score (nSPS) is 20.9. The van der Waals surface area contributed by atoms with Gasteiger partial charge in [0.1, 0.15) is 24.3 Å². The number of fused-ring (bicyclic) bond motifs is 1.